The van der Waals surface area contributed by atoms with Gasteiger partial charge in [0.25, 0.3) is 0 Å². The first-order valence-electron chi connectivity index (χ1n) is 10.8. The van der Waals surface area contributed by atoms with Gasteiger partial charge < -0.3 is 14.2 Å². The van der Waals surface area contributed by atoms with E-state index in [0.29, 0.717) is 25.4 Å². The molecular weight excluding hydrogens is 388 g/mol. The number of hydrogen-bond donors (Lipinski definition) is 0. The third-order valence-corrected chi connectivity index (χ3v) is 5.27. The molecule has 0 aliphatic carbocycles. The van der Waals surface area contributed by atoms with Crippen LogP contribution >= 0.6 is 0 Å². The Hall–Kier alpha value is -3.27. The second-order valence-corrected chi connectivity index (χ2v) is 7.54. The van der Waals surface area contributed by atoms with Crippen molar-refractivity contribution in [2.45, 2.75) is 39.2 Å². The summed E-state index contributed by atoms with van der Waals surface area (Å²) in [5.74, 6) is 1.03. The zero-order valence-electron chi connectivity index (χ0n) is 18.5. The molecule has 0 saturated heterocycles. The van der Waals surface area contributed by atoms with E-state index >= 15 is 0 Å². The van der Waals surface area contributed by atoms with E-state index in [0.717, 1.165) is 12.2 Å². The maximum absolute atomic E-state index is 12.2. The number of rotatable bonds is 10. The molecule has 0 amide bonds. The Morgan fingerprint density at radius 3 is 2.03 bits per heavy atom. The van der Waals surface area contributed by atoms with Gasteiger partial charge in [-0.05, 0) is 61.2 Å². The van der Waals surface area contributed by atoms with E-state index in [1.807, 2.05) is 49.4 Å². The van der Waals surface area contributed by atoms with E-state index < -0.39 is 5.60 Å². The van der Waals surface area contributed by atoms with Crippen molar-refractivity contribution in [2.24, 2.45) is 0 Å². The van der Waals surface area contributed by atoms with E-state index in [2.05, 4.69) is 36.4 Å². The minimum Gasteiger partial charge on any atom is -0.493 e. The monoisotopic (exact) mass is 418 g/mol. The third kappa shape index (κ3) is 6.11. The molecule has 0 N–H and O–H groups in total. The normalized spacial score (nSPS) is 12.6. The Balaban J connectivity index is 1.51. The Morgan fingerprint density at radius 2 is 1.42 bits per heavy atom. The summed E-state index contributed by atoms with van der Waals surface area (Å²) in [6, 6.07) is 26.3. The molecule has 3 aromatic rings. The molecule has 0 spiro atoms. The van der Waals surface area contributed by atoms with Crippen LogP contribution in [0.5, 0.6) is 11.5 Å². The predicted molar refractivity (Wildman–Crippen MR) is 123 cm³/mol. The molecule has 4 nitrogen and oxygen atoms in total. The van der Waals surface area contributed by atoms with Crippen LogP contribution in [-0.4, -0.2) is 24.8 Å². The lowest BCUT2D eigenvalue weighted by Crippen LogP contribution is -2.42. The molecule has 31 heavy (non-hydrogen) atoms. The lowest BCUT2D eigenvalue weighted by Gasteiger charge is -2.27. The van der Waals surface area contributed by atoms with Crippen molar-refractivity contribution in [2.75, 3.05) is 13.2 Å². The molecule has 0 radical (unpaired) electrons. The summed E-state index contributed by atoms with van der Waals surface area (Å²) in [6.07, 6.45) is 1.34. The summed E-state index contributed by atoms with van der Waals surface area (Å²) in [5, 5.41) is 0. The third-order valence-electron chi connectivity index (χ3n) is 5.27. The van der Waals surface area contributed by atoms with Crippen LogP contribution in [0.4, 0.5) is 0 Å². The maximum Gasteiger partial charge on any atom is 0.350 e. The fourth-order valence-electron chi connectivity index (χ4n) is 3.19. The van der Waals surface area contributed by atoms with E-state index in [4.69, 9.17) is 14.2 Å². The highest BCUT2D eigenvalue weighted by Crippen LogP contribution is 2.25. The van der Waals surface area contributed by atoms with Crippen LogP contribution in [0, 0.1) is 0 Å². The summed E-state index contributed by atoms with van der Waals surface area (Å²) in [5.41, 5.74) is 2.66. The number of ether oxygens (including phenoxy) is 3. The molecule has 3 aromatic carbocycles. The second-order valence-electron chi connectivity index (χ2n) is 7.54. The maximum atomic E-state index is 12.2. The quantitative estimate of drug-likeness (QED) is 0.374. The molecule has 0 aromatic heterocycles. The van der Waals surface area contributed by atoms with Crippen LogP contribution < -0.4 is 9.47 Å². The average Bonchev–Trinajstić information content (AvgIpc) is 2.81. The Kier molecular flexibility index (Phi) is 7.71. The summed E-state index contributed by atoms with van der Waals surface area (Å²) in [4.78, 5) is 12.2. The Bertz CT molecular complexity index is 949. The van der Waals surface area contributed by atoms with Crippen molar-refractivity contribution < 1.29 is 19.0 Å². The van der Waals surface area contributed by atoms with Gasteiger partial charge in [-0.3, -0.25) is 0 Å². The van der Waals surface area contributed by atoms with Crippen molar-refractivity contribution >= 4 is 5.97 Å². The van der Waals surface area contributed by atoms with Gasteiger partial charge in [-0.1, -0.05) is 61.5 Å². The number of esters is 1. The van der Waals surface area contributed by atoms with E-state index in [1.54, 1.807) is 13.8 Å². The second kappa shape index (κ2) is 10.7. The van der Waals surface area contributed by atoms with Crippen LogP contribution in [0.15, 0.2) is 78.9 Å². The van der Waals surface area contributed by atoms with Gasteiger partial charge in [0, 0.05) is 6.42 Å². The van der Waals surface area contributed by atoms with Gasteiger partial charge in [-0.15, -0.1) is 0 Å². The zero-order chi connectivity index (χ0) is 22.1. The standard InChI is InChI=1S/C27H30O4/c1-4-27(3,26(28)29-5-2)31-25-17-15-24(16-18-25)30-20-19-21-11-13-23(14-12-21)22-9-7-6-8-10-22/h6-18H,4-5,19-20H2,1-3H3/t27-/m0/s1. The first-order chi connectivity index (χ1) is 15.0. The van der Waals surface area contributed by atoms with Gasteiger partial charge >= 0.3 is 5.97 Å². The molecule has 0 aliphatic rings. The molecule has 0 unspecified atom stereocenters. The van der Waals surface area contributed by atoms with Crippen molar-refractivity contribution in [3.63, 3.8) is 0 Å². The van der Waals surface area contributed by atoms with Gasteiger partial charge in [-0.2, -0.15) is 0 Å². The molecule has 1 atom stereocenters. The lowest BCUT2D eigenvalue weighted by atomic mass is 10.0. The minimum atomic E-state index is -0.996. The van der Waals surface area contributed by atoms with Gasteiger partial charge in [0.1, 0.15) is 11.5 Å². The van der Waals surface area contributed by atoms with Crippen LogP contribution in [0.2, 0.25) is 0 Å². The summed E-state index contributed by atoms with van der Waals surface area (Å²) in [7, 11) is 0. The molecule has 0 fully saturated rings. The first kappa shape index (κ1) is 22.4. The molecule has 0 bridgehead atoms. The number of carbonyl (C=O) groups excluding carboxylic acids is 1. The van der Waals surface area contributed by atoms with Gasteiger partial charge in [0.05, 0.1) is 13.2 Å². The smallest absolute Gasteiger partial charge is 0.350 e. The lowest BCUT2D eigenvalue weighted by molar-refractivity contribution is -0.160. The van der Waals surface area contributed by atoms with Crippen LogP contribution in [0.1, 0.15) is 32.8 Å². The van der Waals surface area contributed by atoms with Crippen molar-refractivity contribution in [3.05, 3.63) is 84.4 Å². The van der Waals surface area contributed by atoms with Crippen LogP contribution in [0.25, 0.3) is 11.1 Å². The van der Waals surface area contributed by atoms with E-state index in [9.17, 15) is 4.79 Å². The predicted octanol–water partition coefficient (Wildman–Crippen LogP) is 6.09. The summed E-state index contributed by atoms with van der Waals surface area (Å²) < 4.78 is 16.9. The van der Waals surface area contributed by atoms with Crippen LogP contribution in [-0.2, 0) is 16.0 Å². The van der Waals surface area contributed by atoms with Crippen molar-refractivity contribution in [1.29, 1.82) is 0 Å². The van der Waals surface area contributed by atoms with Gasteiger partial charge in [0.2, 0.25) is 5.60 Å². The van der Waals surface area contributed by atoms with Gasteiger partial charge in [0.15, 0.2) is 0 Å². The molecular formula is C27H30O4. The average molecular weight is 419 g/mol. The van der Waals surface area contributed by atoms with E-state index in [-0.39, 0.29) is 5.97 Å². The molecule has 162 valence electrons. The SMILES string of the molecule is CCOC(=O)[C@](C)(CC)Oc1ccc(OCCc2ccc(-c3ccccc3)cc2)cc1. The molecule has 0 heterocycles. The fourth-order valence-corrected chi connectivity index (χ4v) is 3.19. The van der Waals surface area contributed by atoms with Crippen molar-refractivity contribution in [3.8, 4) is 22.6 Å². The fraction of sp³-hybridized carbons (Fsp3) is 0.296. The van der Waals surface area contributed by atoms with Crippen molar-refractivity contribution in [1.82, 2.24) is 0 Å². The molecule has 0 aliphatic heterocycles. The highest BCUT2D eigenvalue weighted by molar-refractivity contribution is 5.79. The number of carbonyl (C=O) groups is 1. The van der Waals surface area contributed by atoms with Gasteiger partial charge in [-0.25, -0.2) is 4.79 Å². The minimum absolute atomic E-state index is 0.333. The van der Waals surface area contributed by atoms with E-state index in [1.165, 1.54) is 16.7 Å². The first-order valence-corrected chi connectivity index (χ1v) is 10.8. The Labute approximate surface area is 184 Å². The molecule has 3 rings (SSSR count). The summed E-state index contributed by atoms with van der Waals surface area (Å²) >= 11 is 0. The number of benzene rings is 3. The molecule has 0 saturated carbocycles. The summed E-state index contributed by atoms with van der Waals surface area (Å²) in [6.45, 7) is 6.36. The largest absolute Gasteiger partial charge is 0.493 e. The topological polar surface area (TPSA) is 44.8 Å². The van der Waals surface area contributed by atoms with Crippen LogP contribution in [0.3, 0.4) is 0 Å². The highest BCUT2D eigenvalue weighted by Gasteiger charge is 2.35. The number of hydrogen-bond acceptors (Lipinski definition) is 4. The highest BCUT2D eigenvalue weighted by atomic mass is 16.6. The molecule has 4 heteroatoms. The zero-order valence-corrected chi connectivity index (χ0v) is 18.5. The Morgan fingerprint density at radius 1 is 0.806 bits per heavy atom.